The van der Waals surface area contributed by atoms with E-state index in [-0.39, 0.29) is 11.7 Å². The van der Waals surface area contributed by atoms with Gasteiger partial charge in [0.25, 0.3) is 0 Å². The molecule has 0 saturated heterocycles. The summed E-state index contributed by atoms with van der Waals surface area (Å²) in [5.74, 6) is -0.426. The van der Waals surface area contributed by atoms with E-state index in [9.17, 15) is 9.18 Å². The maximum absolute atomic E-state index is 12.9. The molecule has 1 unspecified atom stereocenters. The van der Waals surface area contributed by atoms with Gasteiger partial charge >= 0.3 is 0 Å². The second kappa shape index (κ2) is 6.57. The van der Waals surface area contributed by atoms with E-state index in [1.807, 2.05) is 30.3 Å². The molecule has 0 spiro atoms. The summed E-state index contributed by atoms with van der Waals surface area (Å²) >= 11 is 4.38. The van der Waals surface area contributed by atoms with Gasteiger partial charge in [-0.15, -0.1) is 0 Å². The average Bonchev–Trinajstić information content (AvgIpc) is 2.47. The number of rotatable bonds is 4. The van der Waals surface area contributed by atoms with Crippen LogP contribution in [0, 0.1) is 5.82 Å². The largest absolute Gasteiger partial charge is 0.315 e. The van der Waals surface area contributed by atoms with E-state index >= 15 is 0 Å². The number of anilines is 1. The molecule has 0 fully saturated rings. The summed E-state index contributed by atoms with van der Waals surface area (Å²) in [5, 5.41) is -0.424. The smallest absolute Gasteiger partial charge is 0.239 e. The van der Waals surface area contributed by atoms with Crippen LogP contribution in [-0.2, 0) is 11.2 Å². The first kappa shape index (κ1) is 14.6. The van der Waals surface area contributed by atoms with Crippen LogP contribution in [0.25, 0.3) is 0 Å². The van der Waals surface area contributed by atoms with Crippen molar-refractivity contribution in [1.29, 1.82) is 0 Å². The summed E-state index contributed by atoms with van der Waals surface area (Å²) in [6, 6.07) is 15.6. The first-order valence-corrected chi connectivity index (χ1v) is 6.84. The minimum atomic E-state index is -0.424. The van der Waals surface area contributed by atoms with Crippen LogP contribution in [0.15, 0.2) is 54.6 Å². The molecule has 2 rings (SSSR count). The van der Waals surface area contributed by atoms with Gasteiger partial charge in [0.2, 0.25) is 5.91 Å². The molecule has 0 bridgehead atoms. The summed E-state index contributed by atoms with van der Waals surface area (Å²) in [6.07, 6.45) is 0.564. The zero-order valence-corrected chi connectivity index (χ0v) is 12.1. The van der Waals surface area contributed by atoms with Crippen LogP contribution in [-0.4, -0.2) is 18.2 Å². The highest BCUT2D eigenvalue weighted by Gasteiger charge is 2.19. The molecule has 0 heterocycles. The van der Waals surface area contributed by atoms with E-state index < -0.39 is 5.25 Å². The van der Waals surface area contributed by atoms with Crippen LogP contribution >= 0.6 is 12.6 Å². The van der Waals surface area contributed by atoms with Gasteiger partial charge in [-0.25, -0.2) is 4.39 Å². The molecule has 2 aromatic carbocycles. The fraction of sp³-hybridized carbons (Fsp3) is 0.188. The molecular weight excluding hydrogens is 273 g/mol. The monoisotopic (exact) mass is 289 g/mol. The van der Waals surface area contributed by atoms with Crippen molar-refractivity contribution in [3.8, 4) is 0 Å². The number of nitrogens with zero attached hydrogens (tertiary/aromatic N) is 1. The first-order valence-electron chi connectivity index (χ1n) is 6.33. The number of halogens is 1. The lowest BCUT2D eigenvalue weighted by Gasteiger charge is -2.21. The molecule has 0 aliphatic heterocycles. The molecule has 2 aromatic rings. The highest BCUT2D eigenvalue weighted by atomic mass is 32.1. The van der Waals surface area contributed by atoms with Crippen LogP contribution in [0.4, 0.5) is 10.1 Å². The SMILES string of the molecule is CN(C(=O)C(S)Cc1ccccc1)c1ccc(F)cc1. The van der Waals surface area contributed by atoms with Crippen LogP contribution in [0.1, 0.15) is 5.56 Å². The van der Waals surface area contributed by atoms with Crippen molar-refractivity contribution in [2.24, 2.45) is 0 Å². The molecule has 0 aliphatic rings. The normalized spacial score (nSPS) is 11.9. The van der Waals surface area contributed by atoms with Crippen molar-refractivity contribution in [2.75, 3.05) is 11.9 Å². The van der Waals surface area contributed by atoms with Crippen molar-refractivity contribution >= 4 is 24.2 Å². The van der Waals surface area contributed by atoms with Crippen LogP contribution in [0.5, 0.6) is 0 Å². The molecule has 0 N–H and O–H groups in total. The standard InChI is InChI=1S/C16H16FNOS/c1-18(14-9-7-13(17)8-10-14)16(19)15(20)11-12-5-3-2-4-6-12/h2-10,15,20H,11H2,1H3. The summed E-state index contributed by atoms with van der Waals surface area (Å²) in [4.78, 5) is 13.8. The third-order valence-electron chi connectivity index (χ3n) is 3.10. The average molecular weight is 289 g/mol. The fourth-order valence-electron chi connectivity index (χ4n) is 1.94. The number of hydrogen-bond acceptors (Lipinski definition) is 2. The van der Waals surface area contributed by atoms with E-state index in [1.54, 1.807) is 19.2 Å². The van der Waals surface area contributed by atoms with Gasteiger partial charge in [-0.05, 0) is 36.2 Å². The number of amides is 1. The quantitative estimate of drug-likeness (QED) is 0.856. The molecule has 4 heteroatoms. The number of thiol groups is 1. The predicted molar refractivity (Wildman–Crippen MR) is 82.7 cm³/mol. The Hall–Kier alpha value is -1.81. The fourth-order valence-corrected chi connectivity index (χ4v) is 2.32. The van der Waals surface area contributed by atoms with Crippen LogP contribution in [0.2, 0.25) is 0 Å². The summed E-state index contributed by atoms with van der Waals surface area (Å²) in [5.41, 5.74) is 1.72. The highest BCUT2D eigenvalue weighted by Crippen LogP contribution is 2.17. The molecule has 104 valence electrons. The minimum Gasteiger partial charge on any atom is -0.315 e. The molecule has 0 radical (unpaired) electrons. The lowest BCUT2D eigenvalue weighted by Crippen LogP contribution is -2.34. The van der Waals surface area contributed by atoms with Gasteiger partial charge in [-0.2, -0.15) is 12.6 Å². The van der Waals surface area contributed by atoms with Crippen molar-refractivity contribution in [2.45, 2.75) is 11.7 Å². The Kier molecular flexibility index (Phi) is 4.79. The first-order chi connectivity index (χ1) is 9.58. The van der Waals surface area contributed by atoms with E-state index in [0.717, 1.165) is 5.56 Å². The molecule has 1 atom stereocenters. The van der Waals surface area contributed by atoms with E-state index in [1.165, 1.54) is 17.0 Å². The molecule has 0 aliphatic carbocycles. The number of carbonyl (C=O) groups is 1. The van der Waals surface area contributed by atoms with E-state index in [2.05, 4.69) is 12.6 Å². The van der Waals surface area contributed by atoms with Crippen LogP contribution < -0.4 is 4.90 Å². The van der Waals surface area contributed by atoms with Crippen molar-refractivity contribution in [1.82, 2.24) is 0 Å². The summed E-state index contributed by atoms with van der Waals surface area (Å²) < 4.78 is 12.9. The van der Waals surface area contributed by atoms with Crippen molar-refractivity contribution in [3.63, 3.8) is 0 Å². The van der Waals surface area contributed by atoms with E-state index in [4.69, 9.17) is 0 Å². The molecule has 1 amide bonds. The van der Waals surface area contributed by atoms with Gasteiger partial charge in [-0.1, -0.05) is 30.3 Å². The van der Waals surface area contributed by atoms with Gasteiger partial charge < -0.3 is 4.90 Å². The lowest BCUT2D eigenvalue weighted by molar-refractivity contribution is -0.117. The van der Waals surface area contributed by atoms with Gasteiger partial charge in [0.1, 0.15) is 5.82 Å². The van der Waals surface area contributed by atoms with Crippen molar-refractivity contribution in [3.05, 3.63) is 66.0 Å². The Morgan fingerprint density at radius 2 is 1.75 bits per heavy atom. The Morgan fingerprint density at radius 1 is 1.15 bits per heavy atom. The summed E-state index contributed by atoms with van der Waals surface area (Å²) in [6.45, 7) is 0. The third kappa shape index (κ3) is 3.61. The maximum atomic E-state index is 12.9. The minimum absolute atomic E-state index is 0.108. The highest BCUT2D eigenvalue weighted by molar-refractivity contribution is 7.81. The molecular formula is C16H16FNOS. The van der Waals surface area contributed by atoms with Gasteiger partial charge in [-0.3, -0.25) is 4.79 Å². The van der Waals surface area contributed by atoms with Gasteiger partial charge in [0.05, 0.1) is 5.25 Å². The molecule has 2 nitrogen and oxygen atoms in total. The summed E-state index contributed by atoms with van der Waals surface area (Å²) in [7, 11) is 1.67. The predicted octanol–water partition coefficient (Wildman–Crippen LogP) is 3.33. The van der Waals surface area contributed by atoms with Gasteiger partial charge in [0.15, 0.2) is 0 Å². The molecule has 0 aromatic heterocycles. The maximum Gasteiger partial charge on any atom is 0.239 e. The Balaban J connectivity index is 2.04. The molecule has 0 saturated carbocycles. The third-order valence-corrected chi connectivity index (χ3v) is 3.50. The van der Waals surface area contributed by atoms with Gasteiger partial charge in [0, 0.05) is 12.7 Å². The van der Waals surface area contributed by atoms with Crippen molar-refractivity contribution < 1.29 is 9.18 Å². The van der Waals surface area contributed by atoms with Crippen LogP contribution in [0.3, 0.4) is 0 Å². The molecule has 20 heavy (non-hydrogen) atoms. The van der Waals surface area contributed by atoms with E-state index in [0.29, 0.717) is 12.1 Å². The zero-order chi connectivity index (χ0) is 14.5. The number of carbonyl (C=O) groups excluding carboxylic acids is 1. The zero-order valence-electron chi connectivity index (χ0n) is 11.2. The second-order valence-corrected chi connectivity index (χ2v) is 5.20. The Morgan fingerprint density at radius 3 is 2.35 bits per heavy atom. The topological polar surface area (TPSA) is 20.3 Å². The number of benzene rings is 2. The Bertz CT molecular complexity index is 571. The lowest BCUT2D eigenvalue weighted by atomic mass is 10.1. The number of hydrogen-bond donors (Lipinski definition) is 1. The Labute approximate surface area is 123 Å². The second-order valence-electron chi connectivity index (χ2n) is 4.58.